The molecule has 1 aliphatic rings. The molecule has 0 aliphatic carbocycles. The summed E-state index contributed by atoms with van der Waals surface area (Å²) in [5.74, 6) is -0.111. The molecule has 1 unspecified atom stereocenters. The molecule has 184 valence electrons. The van der Waals surface area contributed by atoms with Crippen molar-refractivity contribution >= 4 is 21.5 Å². The highest BCUT2D eigenvalue weighted by atomic mass is 31.3. The Morgan fingerprint density at radius 3 is 2.41 bits per heavy atom. The van der Waals surface area contributed by atoms with E-state index in [1.165, 1.54) is 6.07 Å². The Morgan fingerprint density at radius 2 is 1.84 bits per heavy atom. The molecule has 2 heterocycles. The molecule has 1 aromatic heterocycles. The standard InChI is InChI=1S/C13H23N3O14P2/c14-9-1-2-16(13(22)15-9)12-11(21)10(20)8(29-12)5-28-32(26,30-31(23,24)25)27-4-7(19)6(18)3-17/h1-2,6-8,10-12,17-21H,3-5H2,(H2,14,15,22)(H2,23,24,25)/t6-,7+,8-,10-,11-,12-,32?/m1/s1. The number of rotatable bonds is 11. The van der Waals surface area contributed by atoms with Gasteiger partial charge in [-0.1, -0.05) is 0 Å². The Labute approximate surface area is 179 Å². The minimum atomic E-state index is -5.46. The summed E-state index contributed by atoms with van der Waals surface area (Å²) in [6, 6.07) is 1.22. The first-order valence-electron chi connectivity index (χ1n) is 8.75. The quantitative estimate of drug-likeness (QED) is 0.134. The summed E-state index contributed by atoms with van der Waals surface area (Å²) in [6.07, 6.45) is -8.82. The maximum absolute atomic E-state index is 12.5. The van der Waals surface area contributed by atoms with Crippen LogP contribution in [0.1, 0.15) is 6.23 Å². The molecule has 1 saturated heterocycles. The minimum Gasteiger partial charge on any atom is -0.394 e. The number of nitrogens with zero attached hydrogens (tertiary/aromatic N) is 2. The molecule has 32 heavy (non-hydrogen) atoms. The Morgan fingerprint density at radius 1 is 1.19 bits per heavy atom. The van der Waals surface area contributed by atoms with Gasteiger partial charge in [0.05, 0.1) is 19.8 Å². The topological polar surface area (TPSA) is 274 Å². The summed E-state index contributed by atoms with van der Waals surface area (Å²) < 4.78 is 43.1. The number of hydrogen-bond acceptors (Lipinski definition) is 14. The van der Waals surface area contributed by atoms with Crippen molar-refractivity contribution in [2.75, 3.05) is 25.6 Å². The fraction of sp³-hybridized carbons (Fsp3) is 0.692. The predicted molar refractivity (Wildman–Crippen MR) is 101 cm³/mol. The van der Waals surface area contributed by atoms with Gasteiger partial charge in [0.15, 0.2) is 6.23 Å². The van der Waals surface area contributed by atoms with Crippen molar-refractivity contribution in [2.45, 2.75) is 36.7 Å². The summed E-state index contributed by atoms with van der Waals surface area (Å²) >= 11 is 0. The number of ether oxygens (including phenoxy) is 1. The SMILES string of the molecule is Nc1ccn([C@@H]2O[C@H](COP(=O)(OC[C@H](O)[C@H](O)CO)OP(=O)(O)O)[C@@H](O)[C@H]2O)c(=O)n1. The fourth-order valence-electron chi connectivity index (χ4n) is 2.50. The van der Waals surface area contributed by atoms with E-state index in [1.54, 1.807) is 0 Å². The fourth-order valence-corrected chi connectivity index (χ4v) is 4.65. The highest BCUT2D eigenvalue weighted by Gasteiger charge is 2.46. The lowest BCUT2D eigenvalue weighted by Gasteiger charge is -2.23. The monoisotopic (exact) mass is 507 g/mol. The first-order chi connectivity index (χ1) is 14.8. The Bertz CT molecular complexity index is 923. The van der Waals surface area contributed by atoms with Crippen LogP contribution >= 0.6 is 15.6 Å². The van der Waals surface area contributed by atoms with Crippen molar-refractivity contribution in [3.63, 3.8) is 0 Å². The van der Waals surface area contributed by atoms with Gasteiger partial charge in [-0.2, -0.15) is 9.29 Å². The van der Waals surface area contributed by atoms with Gasteiger partial charge in [0, 0.05) is 6.20 Å². The van der Waals surface area contributed by atoms with Gasteiger partial charge in [0.1, 0.15) is 36.3 Å². The number of phosphoric ester groups is 1. The third-order valence-electron chi connectivity index (χ3n) is 4.10. The summed E-state index contributed by atoms with van der Waals surface area (Å²) in [7, 11) is -10.6. The molecule has 2 rings (SSSR count). The first kappa shape index (κ1) is 26.9. The first-order valence-corrected chi connectivity index (χ1v) is 11.7. The number of aliphatic hydroxyl groups excluding tert-OH is 5. The van der Waals surface area contributed by atoms with Crippen LogP contribution in [-0.2, 0) is 27.2 Å². The van der Waals surface area contributed by atoms with Gasteiger partial charge in [-0.05, 0) is 6.07 Å². The number of anilines is 1. The van der Waals surface area contributed by atoms with Crippen LogP contribution in [0, 0.1) is 0 Å². The molecule has 0 radical (unpaired) electrons. The molecule has 0 saturated carbocycles. The molecular formula is C13H23N3O14P2. The lowest BCUT2D eigenvalue weighted by atomic mass is 10.1. The van der Waals surface area contributed by atoms with Gasteiger partial charge in [0.2, 0.25) is 0 Å². The van der Waals surface area contributed by atoms with Crippen LogP contribution in [0.2, 0.25) is 0 Å². The van der Waals surface area contributed by atoms with Crippen LogP contribution in [0.4, 0.5) is 5.82 Å². The number of hydrogen-bond donors (Lipinski definition) is 8. The highest BCUT2D eigenvalue weighted by molar-refractivity contribution is 7.61. The second kappa shape index (κ2) is 10.8. The molecular weight excluding hydrogens is 484 g/mol. The Hall–Kier alpha value is -1.30. The number of nitrogens with two attached hydrogens (primary N) is 1. The zero-order valence-electron chi connectivity index (χ0n) is 16.1. The summed E-state index contributed by atoms with van der Waals surface area (Å²) in [5.41, 5.74) is 4.45. The maximum atomic E-state index is 12.5. The van der Waals surface area contributed by atoms with E-state index in [0.717, 1.165) is 10.8 Å². The van der Waals surface area contributed by atoms with E-state index in [2.05, 4.69) is 13.8 Å². The molecule has 19 heteroatoms. The number of phosphoric acid groups is 2. The van der Waals surface area contributed by atoms with Crippen LogP contribution in [0.3, 0.4) is 0 Å². The van der Waals surface area contributed by atoms with E-state index < -0.39 is 77.9 Å². The van der Waals surface area contributed by atoms with E-state index >= 15 is 0 Å². The minimum absolute atomic E-state index is 0.111. The van der Waals surface area contributed by atoms with Crippen molar-refractivity contribution in [1.82, 2.24) is 9.55 Å². The predicted octanol–water partition coefficient (Wildman–Crippen LogP) is -3.59. The molecule has 0 amide bonds. The smallest absolute Gasteiger partial charge is 0.394 e. The van der Waals surface area contributed by atoms with Crippen molar-refractivity contribution < 1.29 is 62.5 Å². The van der Waals surface area contributed by atoms with Gasteiger partial charge in [-0.25, -0.2) is 13.9 Å². The molecule has 7 atom stereocenters. The average molecular weight is 507 g/mol. The summed E-state index contributed by atoms with van der Waals surface area (Å²) in [5, 5.41) is 47.9. The second-order valence-corrected chi connectivity index (χ2v) is 9.56. The van der Waals surface area contributed by atoms with E-state index in [0.29, 0.717) is 0 Å². The van der Waals surface area contributed by atoms with Crippen molar-refractivity contribution in [3.8, 4) is 0 Å². The second-order valence-electron chi connectivity index (χ2n) is 6.52. The van der Waals surface area contributed by atoms with Gasteiger partial charge in [-0.15, -0.1) is 0 Å². The summed E-state index contributed by atoms with van der Waals surface area (Å²) in [6.45, 7) is -2.87. The third-order valence-corrected chi connectivity index (χ3v) is 6.68. The lowest BCUT2D eigenvalue weighted by Crippen LogP contribution is -2.36. The average Bonchev–Trinajstić information content (AvgIpc) is 2.97. The zero-order valence-corrected chi connectivity index (χ0v) is 17.9. The molecule has 1 fully saturated rings. The molecule has 0 aromatic carbocycles. The maximum Gasteiger partial charge on any atom is 0.483 e. The third kappa shape index (κ3) is 7.10. The highest BCUT2D eigenvalue weighted by Crippen LogP contribution is 2.61. The molecule has 17 nitrogen and oxygen atoms in total. The lowest BCUT2D eigenvalue weighted by molar-refractivity contribution is -0.0598. The van der Waals surface area contributed by atoms with Crippen molar-refractivity contribution in [3.05, 3.63) is 22.7 Å². The van der Waals surface area contributed by atoms with Gasteiger partial charge in [-0.3, -0.25) is 13.6 Å². The van der Waals surface area contributed by atoms with E-state index in [4.69, 9.17) is 29.9 Å². The van der Waals surface area contributed by atoms with Crippen LogP contribution in [0.15, 0.2) is 17.1 Å². The molecule has 1 aromatic rings. The van der Waals surface area contributed by atoms with Crippen LogP contribution < -0.4 is 11.4 Å². The van der Waals surface area contributed by atoms with Crippen molar-refractivity contribution in [1.29, 1.82) is 0 Å². The summed E-state index contributed by atoms with van der Waals surface area (Å²) in [4.78, 5) is 33.2. The van der Waals surface area contributed by atoms with Gasteiger partial charge in [0.25, 0.3) is 0 Å². The van der Waals surface area contributed by atoms with E-state index in [9.17, 15) is 34.4 Å². The van der Waals surface area contributed by atoms with Crippen LogP contribution in [-0.4, -0.2) is 95.2 Å². The van der Waals surface area contributed by atoms with Gasteiger partial charge < -0.3 is 45.8 Å². The molecule has 9 N–H and O–H groups in total. The number of aliphatic hydroxyl groups is 5. The Kier molecular flexibility index (Phi) is 9.05. The molecule has 0 spiro atoms. The van der Waals surface area contributed by atoms with E-state index in [1.807, 2.05) is 0 Å². The largest absolute Gasteiger partial charge is 0.483 e. The molecule has 1 aliphatic heterocycles. The number of aromatic nitrogens is 2. The van der Waals surface area contributed by atoms with Crippen LogP contribution in [0.5, 0.6) is 0 Å². The van der Waals surface area contributed by atoms with Crippen molar-refractivity contribution in [2.24, 2.45) is 0 Å². The number of nitrogen functional groups attached to an aromatic ring is 1. The zero-order chi connectivity index (χ0) is 24.3. The molecule has 0 bridgehead atoms. The Balaban J connectivity index is 2.11. The normalized spacial score (nSPS) is 27.7. The van der Waals surface area contributed by atoms with Gasteiger partial charge >= 0.3 is 21.3 Å². The van der Waals surface area contributed by atoms with E-state index in [-0.39, 0.29) is 5.82 Å². The van der Waals surface area contributed by atoms with Crippen LogP contribution in [0.25, 0.3) is 0 Å².